The molecule has 0 bridgehead atoms. The van der Waals surface area contributed by atoms with E-state index < -0.39 is 11.4 Å². The molecule has 0 fully saturated rings. The van der Waals surface area contributed by atoms with Gasteiger partial charge in [0, 0.05) is 11.8 Å². The van der Waals surface area contributed by atoms with Crippen LogP contribution < -0.4 is 16.7 Å². The molecule has 1 amide bonds. The lowest BCUT2D eigenvalue weighted by molar-refractivity contribution is -0.123. The Bertz CT molecular complexity index is 498. The zero-order valence-electron chi connectivity index (χ0n) is 11.7. The van der Waals surface area contributed by atoms with Crippen LogP contribution in [0.4, 0.5) is 0 Å². The second-order valence-corrected chi connectivity index (χ2v) is 6.04. The number of hydrogen-bond acceptors (Lipinski definition) is 5. The zero-order chi connectivity index (χ0) is 14.6. The van der Waals surface area contributed by atoms with Gasteiger partial charge >= 0.3 is 5.69 Å². The van der Waals surface area contributed by atoms with Gasteiger partial charge in [-0.3, -0.25) is 9.36 Å². The van der Waals surface area contributed by atoms with Crippen molar-refractivity contribution < 1.29 is 4.79 Å². The first-order valence-electron chi connectivity index (χ1n) is 6.14. The highest BCUT2D eigenvalue weighted by Gasteiger charge is 2.31. The van der Waals surface area contributed by atoms with Crippen LogP contribution in [0.5, 0.6) is 0 Å². The summed E-state index contributed by atoms with van der Waals surface area (Å²) in [6.07, 6.45) is 0.550. The molecule has 7 nitrogen and oxygen atoms in total. The third-order valence-corrected chi connectivity index (χ3v) is 4.23. The molecule has 0 aliphatic heterocycles. The van der Waals surface area contributed by atoms with E-state index in [4.69, 9.17) is 5.73 Å². The Balaban J connectivity index is 2.77. The highest BCUT2D eigenvalue weighted by Crippen LogP contribution is 2.26. The molecule has 0 spiro atoms. The van der Waals surface area contributed by atoms with Gasteiger partial charge in [0.25, 0.3) is 0 Å². The van der Waals surface area contributed by atoms with E-state index in [1.54, 1.807) is 18.5 Å². The molecule has 0 saturated heterocycles. The number of nitrogens with zero attached hydrogens (tertiary/aromatic N) is 2. The molecule has 4 N–H and O–H groups in total. The van der Waals surface area contributed by atoms with Crippen LogP contribution in [0.25, 0.3) is 0 Å². The maximum atomic E-state index is 11.4. The maximum absolute atomic E-state index is 11.4. The summed E-state index contributed by atoms with van der Waals surface area (Å²) in [4.78, 5) is 22.9. The van der Waals surface area contributed by atoms with E-state index >= 15 is 0 Å². The van der Waals surface area contributed by atoms with Gasteiger partial charge in [0.1, 0.15) is 0 Å². The quantitative estimate of drug-likeness (QED) is 0.609. The maximum Gasteiger partial charge on any atom is 0.343 e. The van der Waals surface area contributed by atoms with Gasteiger partial charge in [-0.05, 0) is 27.3 Å². The number of primary amides is 1. The van der Waals surface area contributed by atoms with Gasteiger partial charge in [0.15, 0.2) is 5.16 Å². The largest absolute Gasteiger partial charge is 0.368 e. The van der Waals surface area contributed by atoms with Crippen molar-refractivity contribution in [1.82, 2.24) is 20.1 Å². The number of nitrogens with two attached hydrogens (primary N) is 1. The average molecular weight is 287 g/mol. The number of H-pyrrole nitrogens is 1. The molecule has 0 aliphatic carbocycles. The predicted molar refractivity (Wildman–Crippen MR) is 75.1 cm³/mol. The van der Waals surface area contributed by atoms with Gasteiger partial charge in [0.05, 0.1) is 5.54 Å². The standard InChI is InChI=1S/C11H21N5O2S/c1-5-16-9(18)14-15-10(16)19-7(2)6-11(3,13-4)8(12)17/h7,13H,5-6H2,1-4H3,(H2,12,17)(H,14,18). The van der Waals surface area contributed by atoms with E-state index in [1.807, 2.05) is 13.8 Å². The van der Waals surface area contributed by atoms with Gasteiger partial charge in [-0.25, -0.2) is 9.89 Å². The van der Waals surface area contributed by atoms with Crippen molar-refractivity contribution in [2.24, 2.45) is 5.73 Å². The second kappa shape index (κ2) is 6.25. The summed E-state index contributed by atoms with van der Waals surface area (Å²) in [6.45, 7) is 6.18. The Kier molecular flexibility index (Phi) is 5.19. The number of aromatic amines is 1. The third-order valence-electron chi connectivity index (χ3n) is 3.14. The highest BCUT2D eigenvalue weighted by molar-refractivity contribution is 7.99. The second-order valence-electron chi connectivity index (χ2n) is 4.63. The van der Waals surface area contributed by atoms with E-state index in [1.165, 1.54) is 11.8 Å². The molecule has 108 valence electrons. The van der Waals surface area contributed by atoms with Crippen LogP contribution in [0.3, 0.4) is 0 Å². The summed E-state index contributed by atoms with van der Waals surface area (Å²) in [5.74, 6) is -0.391. The molecule has 2 unspecified atom stereocenters. The molecule has 2 atom stereocenters. The van der Waals surface area contributed by atoms with Crippen molar-refractivity contribution in [2.75, 3.05) is 7.05 Å². The number of rotatable bonds is 7. The summed E-state index contributed by atoms with van der Waals surface area (Å²) in [5, 5.41) is 10.1. The first-order valence-corrected chi connectivity index (χ1v) is 7.02. The summed E-state index contributed by atoms with van der Waals surface area (Å²) < 4.78 is 1.56. The molecular weight excluding hydrogens is 266 g/mol. The van der Waals surface area contributed by atoms with Gasteiger partial charge in [-0.1, -0.05) is 18.7 Å². The summed E-state index contributed by atoms with van der Waals surface area (Å²) >= 11 is 1.45. The number of nitrogens with one attached hydrogen (secondary N) is 2. The van der Waals surface area contributed by atoms with Crippen molar-refractivity contribution in [3.8, 4) is 0 Å². The molecular formula is C11H21N5O2S. The Hall–Kier alpha value is -1.28. The monoisotopic (exact) mass is 287 g/mol. The number of thioether (sulfide) groups is 1. The van der Waals surface area contributed by atoms with Gasteiger partial charge in [0.2, 0.25) is 5.91 Å². The van der Waals surface area contributed by atoms with Crippen LogP contribution in [0.15, 0.2) is 9.95 Å². The van der Waals surface area contributed by atoms with Crippen LogP contribution in [0.1, 0.15) is 27.2 Å². The van der Waals surface area contributed by atoms with E-state index in [0.717, 1.165) is 0 Å². The third kappa shape index (κ3) is 3.60. The van der Waals surface area contributed by atoms with Crippen LogP contribution in [0.2, 0.25) is 0 Å². The Morgan fingerprint density at radius 2 is 2.32 bits per heavy atom. The topological polar surface area (TPSA) is 106 Å². The fraction of sp³-hybridized carbons (Fsp3) is 0.727. The minimum absolute atomic E-state index is 0.0884. The lowest BCUT2D eigenvalue weighted by atomic mass is 9.95. The fourth-order valence-corrected chi connectivity index (χ4v) is 3.01. The summed E-state index contributed by atoms with van der Waals surface area (Å²) in [7, 11) is 1.71. The van der Waals surface area contributed by atoms with E-state index in [-0.39, 0.29) is 10.9 Å². The fourth-order valence-electron chi connectivity index (χ4n) is 1.79. The number of aromatic nitrogens is 3. The normalized spacial score (nSPS) is 16.0. The SMILES string of the molecule is CCn1c(SC(C)CC(C)(NC)C(N)=O)n[nH]c1=O. The van der Waals surface area contributed by atoms with Crippen molar-refractivity contribution in [1.29, 1.82) is 0 Å². The van der Waals surface area contributed by atoms with Crippen LogP contribution >= 0.6 is 11.8 Å². The lowest BCUT2D eigenvalue weighted by Crippen LogP contribution is -2.52. The lowest BCUT2D eigenvalue weighted by Gasteiger charge is -2.28. The van der Waals surface area contributed by atoms with E-state index in [2.05, 4.69) is 15.5 Å². The van der Waals surface area contributed by atoms with Crippen molar-refractivity contribution in [3.05, 3.63) is 10.5 Å². The molecule has 1 heterocycles. The van der Waals surface area contributed by atoms with Gasteiger partial charge in [-0.2, -0.15) is 0 Å². The number of hydrogen-bond donors (Lipinski definition) is 3. The molecule has 0 aliphatic rings. The Morgan fingerprint density at radius 3 is 2.79 bits per heavy atom. The van der Waals surface area contributed by atoms with Crippen LogP contribution in [-0.2, 0) is 11.3 Å². The van der Waals surface area contributed by atoms with Crippen molar-refractivity contribution >= 4 is 17.7 Å². The van der Waals surface area contributed by atoms with Crippen molar-refractivity contribution in [3.63, 3.8) is 0 Å². The molecule has 0 aromatic carbocycles. The summed E-state index contributed by atoms with van der Waals surface area (Å²) in [5.41, 5.74) is 4.41. The molecule has 19 heavy (non-hydrogen) atoms. The zero-order valence-corrected chi connectivity index (χ0v) is 12.5. The minimum atomic E-state index is -0.764. The van der Waals surface area contributed by atoms with E-state index in [0.29, 0.717) is 18.1 Å². The number of amides is 1. The first-order chi connectivity index (χ1) is 8.84. The predicted octanol–water partition coefficient (Wildman–Crippen LogP) is -0.0746. The number of carbonyl (C=O) groups excluding carboxylic acids is 1. The van der Waals surface area contributed by atoms with Gasteiger partial charge in [-0.15, -0.1) is 5.10 Å². The molecule has 1 aromatic heterocycles. The van der Waals surface area contributed by atoms with Crippen molar-refractivity contribution in [2.45, 2.75) is 49.7 Å². The van der Waals surface area contributed by atoms with Gasteiger partial charge < -0.3 is 11.1 Å². The molecule has 0 saturated carbocycles. The number of carbonyl (C=O) groups is 1. The molecule has 8 heteroatoms. The van der Waals surface area contributed by atoms with Crippen LogP contribution in [-0.4, -0.2) is 38.5 Å². The first kappa shape index (κ1) is 15.8. The Morgan fingerprint density at radius 1 is 1.68 bits per heavy atom. The van der Waals surface area contributed by atoms with Crippen LogP contribution in [0, 0.1) is 0 Å². The molecule has 1 rings (SSSR count). The average Bonchev–Trinajstić information content (AvgIpc) is 2.69. The highest BCUT2D eigenvalue weighted by atomic mass is 32.2. The van der Waals surface area contributed by atoms with E-state index in [9.17, 15) is 9.59 Å². The molecule has 1 aromatic rings. The summed E-state index contributed by atoms with van der Waals surface area (Å²) in [6, 6.07) is 0. The molecule has 0 radical (unpaired) electrons. The minimum Gasteiger partial charge on any atom is -0.368 e. The number of likely N-dealkylation sites (N-methyl/N-ethyl adjacent to an activating group) is 1. The smallest absolute Gasteiger partial charge is 0.343 e. The Labute approximate surface area is 116 Å².